The van der Waals surface area contributed by atoms with Crippen LogP contribution < -0.4 is 0 Å². The molecule has 1 heterocycles. The van der Waals surface area contributed by atoms with Crippen molar-refractivity contribution in [2.75, 3.05) is 0 Å². The molecule has 1 aliphatic rings. The van der Waals surface area contributed by atoms with E-state index in [0.29, 0.717) is 0 Å². The molecule has 3 heteroatoms. The topological polar surface area (TPSA) is 26.3 Å². The van der Waals surface area contributed by atoms with E-state index in [1.807, 2.05) is 13.8 Å². The Morgan fingerprint density at radius 2 is 2.21 bits per heavy atom. The van der Waals surface area contributed by atoms with Crippen LogP contribution in [0.2, 0.25) is 0 Å². The minimum Gasteiger partial charge on any atom is -0.493 e. The zero-order valence-electron chi connectivity index (χ0n) is 9.29. The number of carbonyl (C=O) groups excluding carboxylic acids is 1. The zero-order valence-corrected chi connectivity index (χ0v) is 10.1. The van der Waals surface area contributed by atoms with Gasteiger partial charge in [-0.15, -0.1) is 0 Å². The van der Waals surface area contributed by atoms with Crippen LogP contribution in [0.15, 0.2) is 11.3 Å². The molecule has 0 bridgehead atoms. The lowest BCUT2D eigenvalue weighted by Gasteiger charge is -2.17. The van der Waals surface area contributed by atoms with Crippen LogP contribution in [-0.4, -0.2) is 16.5 Å². The van der Waals surface area contributed by atoms with E-state index in [1.54, 1.807) is 0 Å². The Labute approximate surface area is 90.1 Å². The first-order valence-electron chi connectivity index (χ1n) is 5.14. The van der Waals surface area contributed by atoms with Crippen molar-refractivity contribution >= 4 is 16.9 Å². The molecule has 0 saturated carbocycles. The van der Waals surface area contributed by atoms with Gasteiger partial charge in [0.25, 0.3) is 0 Å². The third-order valence-corrected chi connectivity index (χ3v) is 3.44. The molecule has 1 rings (SSSR count). The lowest BCUT2D eigenvalue weighted by molar-refractivity contribution is -0.107. The van der Waals surface area contributed by atoms with Crippen LogP contribution in [0.1, 0.15) is 40.5 Å². The molecule has 0 aromatic carbocycles. The maximum Gasteiger partial charge on any atom is 0.219 e. The monoisotopic (exact) mass is 214 g/mol. The molecular weight excluding hydrogens is 196 g/mol. The summed E-state index contributed by atoms with van der Waals surface area (Å²) >= 11 is 1.36. The van der Waals surface area contributed by atoms with E-state index in [4.69, 9.17) is 4.74 Å². The number of rotatable bonds is 4. The summed E-state index contributed by atoms with van der Waals surface area (Å²) in [5, 5.41) is 0.359. The zero-order chi connectivity index (χ0) is 10.7. The number of hydrogen-bond donors (Lipinski definition) is 0. The third-order valence-electron chi connectivity index (χ3n) is 2.35. The molecule has 1 aliphatic heterocycles. The molecule has 0 aromatic heterocycles. The summed E-state index contributed by atoms with van der Waals surface area (Å²) in [6, 6.07) is 0. The van der Waals surface area contributed by atoms with E-state index in [2.05, 4.69) is 13.8 Å². The summed E-state index contributed by atoms with van der Waals surface area (Å²) in [5.74, 6) is 0.890. The Balaban J connectivity index is 2.63. The van der Waals surface area contributed by atoms with Gasteiger partial charge < -0.3 is 4.74 Å². The Morgan fingerprint density at radius 3 is 2.64 bits per heavy atom. The Bertz CT molecular complexity index is 258. The van der Waals surface area contributed by atoms with Crippen molar-refractivity contribution in [2.45, 2.75) is 51.9 Å². The van der Waals surface area contributed by atoms with Gasteiger partial charge in [0, 0.05) is 5.57 Å². The smallest absolute Gasteiger partial charge is 0.219 e. The molecule has 14 heavy (non-hydrogen) atoms. The van der Waals surface area contributed by atoms with Gasteiger partial charge in [-0.2, -0.15) is 0 Å². The molecule has 0 saturated heterocycles. The van der Waals surface area contributed by atoms with Gasteiger partial charge in [-0.05, 0) is 27.2 Å². The Morgan fingerprint density at radius 1 is 1.57 bits per heavy atom. The minimum absolute atomic E-state index is 0.163. The van der Waals surface area contributed by atoms with Gasteiger partial charge >= 0.3 is 0 Å². The number of carbonyl (C=O) groups is 1. The fraction of sp³-hybridized carbons (Fsp3) is 0.727. The quantitative estimate of drug-likeness (QED) is 0.719. The summed E-state index contributed by atoms with van der Waals surface area (Å²) in [5.41, 5.74) is 0.797. The fourth-order valence-corrected chi connectivity index (χ4v) is 2.51. The molecule has 0 fully saturated rings. The molecule has 0 radical (unpaired) electrons. The van der Waals surface area contributed by atoms with E-state index in [0.717, 1.165) is 24.2 Å². The molecular formula is C11H18O2S. The molecule has 2 unspecified atom stereocenters. The van der Waals surface area contributed by atoms with E-state index >= 15 is 0 Å². The van der Waals surface area contributed by atoms with Gasteiger partial charge in [-0.25, -0.2) is 0 Å². The summed E-state index contributed by atoms with van der Waals surface area (Å²) < 4.78 is 5.78. The summed E-state index contributed by atoms with van der Waals surface area (Å²) in [7, 11) is 0. The third kappa shape index (κ3) is 2.53. The van der Waals surface area contributed by atoms with Crippen molar-refractivity contribution in [3.8, 4) is 0 Å². The van der Waals surface area contributed by atoms with Crippen LogP contribution in [-0.2, 0) is 9.53 Å². The van der Waals surface area contributed by atoms with Crippen molar-refractivity contribution in [1.82, 2.24) is 0 Å². The van der Waals surface area contributed by atoms with Crippen LogP contribution in [0, 0.1) is 0 Å². The molecule has 2 atom stereocenters. The van der Waals surface area contributed by atoms with E-state index in [9.17, 15) is 4.79 Å². The lowest BCUT2D eigenvalue weighted by Crippen LogP contribution is -2.12. The number of ether oxygens (including phenoxy) is 1. The van der Waals surface area contributed by atoms with Gasteiger partial charge in [0.1, 0.15) is 5.76 Å². The Kier molecular flexibility index (Phi) is 4.05. The van der Waals surface area contributed by atoms with Crippen LogP contribution in [0.25, 0.3) is 0 Å². The lowest BCUT2D eigenvalue weighted by atomic mass is 10.2. The van der Waals surface area contributed by atoms with Gasteiger partial charge in [0.2, 0.25) is 5.12 Å². The summed E-state index contributed by atoms with van der Waals surface area (Å²) in [6.45, 7) is 8.07. The van der Waals surface area contributed by atoms with E-state index < -0.39 is 0 Å². The van der Waals surface area contributed by atoms with Crippen molar-refractivity contribution in [3.63, 3.8) is 0 Å². The van der Waals surface area contributed by atoms with Crippen LogP contribution in [0.3, 0.4) is 0 Å². The first kappa shape index (κ1) is 11.6. The molecule has 0 N–H and O–H groups in total. The summed E-state index contributed by atoms with van der Waals surface area (Å²) in [4.78, 5) is 11.4. The van der Waals surface area contributed by atoms with Crippen molar-refractivity contribution < 1.29 is 9.53 Å². The number of hydrogen-bond acceptors (Lipinski definition) is 3. The first-order chi connectivity index (χ1) is 6.56. The van der Waals surface area contributed by atoms with E-state index in [1.165, 1.54) is 11.8 Å². The largest absolute Gasteiger partial charge is 0.493 e. The average Bonchev–Trinajstić information content (AvgIpc) is 2.33. The van der Waals surface area contributed by atoms with Crippen LogP contribution in [0.5, 0.6) is 0 Å². The molecule has 0 aromatic rings. The minimum atomic E-state index is 0.163. The second kappa shape index (κ2) is 4.87. The van der Waals surface area contributed by atoms with Crippen LogP contribution in [0.4, 0.5) is 0 Å². The molecule has 0 aliphatic carbocycles. The molecule has 80 valence electrons. The fourth-order valence-electron chi connectivity index (χ4n) is 1.57. The molecule has 0 spiro atoms. The normalized spacial score (nSPS) is 24.3. The highest BCUT2D eigenvalue weighted by atomic mass is 32.2. The maximum atomic E-state index is 11.4. The molecule has 0 amide bonds. The van der Waals surface area contributed by atoms with Crippen molar-refractivity contribution in [2.24, 2.45) is 0 Å². The van der Waals surface area contributed by atoms with Crippen LogP contribution >= 0.6 is 11.8 Å². The van der Waals surface area contributed by atoms with Gasteiger partial charge in [0.15, 0.2) is 0 Å². The van der Waals surface area contributed by atoms with Gasteiger partial charge in [-0.3, -0.25) is 4.79 Å². The highest BCUT2D eigenvalue weighted by Gasteiger charge is 2.29. The van der Waals surface area contributed by atoms with Gasteiger partial charge in [-0.1, -0.05) is 25.1 Å². The second-order valence-electron chi connectivity index (χ2n) is 3.75. The summed E-state index contributed by atoms with van der Waals surface area (Å²) in [6.07, 6.45) is 2.38. The van der Waals surface area contributed by atoms with Crippen molar-refractivity contribution in [3.05, 3.63) is 11.3 Å². The van der Waals surface area contributed by atoms with Crippen molar-refractivity contribution in [1.29, 1.82) is 0 Å². The maximum absolute atomic E-state index is 11.4. The first-order valence-corrected chi connectivity index (χ1v) is 6.02. The van der Waals surface area contributed by atoms with Gasteiger partial charge in [0.05, 0.1) is 11.4 Å². The van der Waals surface area contributed by atoms with E-state index in [-0.39, 0.29) is 16.5 Å². The average molecular weight is 214 g/mol. The predicted octanol–water partition coefficient (Wildman–Crippen LogP) is 3.13. The second-order valence-corrected chi connectivity index (χ2v) is 5.07. The molecule has 2 nitrogen and oxygen atoms in total. The number of thioether (sulfide) groups is 1. The Hall–Kier alpha value is -0.440. The highest BCUT2D eigenvalue weighted by molar-refractivity contribution is 8.15. The SMILES string of the molecule is CCCC(C)OC1=C(C)C(=O)SC1C. The standard InChI is InChI=1S/C11H18O2S/c1-5-6-7(2)13-10-8(3)11(12)14-9(10)4/h7,9H,5-6H2,1-4H3. The highest BCUT2D eigenvalue weighted by Crippen LogP contribution is 2.34. The predicted molar refractivity (Wildman–Crippen MR) is 60.2 cm³/mol.